The number of carbonyl (C=O) groups is 2. The number of ether oxygens (including phenoxy) is 11. The van der Waals surface area contributed by atoms with Crippen LogP contribution in [0.2, 0.25) is 0 Å². The summed E-state index contributed by atoms with van der Waals surface area (Å²) in [6.45, 7) is 16.5. The first kappa shape index (κ1) is 59.3. The van der Waals surface area contributed by atoms with Crippen molar-refractivity contribution in [3.63, 3.8) is 0 Å². The molecule has 5 heterocycles. The van der Waals surface area contributed by atoms with E-state index in [-0.39, 0.29) is 48.3 Å². The van der Waals surface area contributed by atoms with Gasteiger partial charge >= 0.3 is 11.9 Å². The summed E-state index contributed by atoms with van der Waals surface area (Å²) in [5.74, 6) is -0.698. The number of aliphatic hydroxyl groups is 9. The zero-order valence-corrected chi connectivity index (χ0v) is 46.0. The first-order valence-corrected chi connectivity index (χ1v) is 27.7. The van der Waals surface area contributed by atoms with Crippen LogP contribution >= 0.6 is 0 Å². The minimum atomic E-state index is -1.87. The lowest BCUT2D eigenvalue weighted by Gasteiger charge is -2.63. The van der Waals surface area contributed by atoms with E-state index in [0.29, 0.717) is 32.1 Å². The van der Waals surface area contributed by atoms with Crippen molar-refractivity contribution >= 4 is 11.9 Å². The van der Waals surface area contributed by atoms with Crippen molar-refractivity contribution < 1.29 is 108 Å². The van der Waals surface area contributed by atoms with E-state index in [0.717, 1.165) is 19.3 Å². The van der Waals surface area contributed by atoms with Gasteiger partial charge in [0.1, 0.15) is 91.1 Å². The van der Waals surface area contributed by atoms with E-state index in [2.05, 4.69) is 39.8 Å². The van der Waals surface area contributed by atoms with Gasteiger partial charge in [0.05, 0.1) is 43.4 Å². The van der Waals surface area contributed by atoms with Gasteiger partial charge in [-0.25, -0.2) is 0 Å². The van der Waals surface area contributed by atoms with Gasteiger partial charge in [0, 0.05) is 19.4 Å². The first-order valence-electron chi connectivity index (χ1n) is 27.7. The van der Waals surface area contributed by atoms with E-state index >= 15 is 0 Å². The number of carbonyl (C=O) groups excluding carboxylic acids is 2. The summed E-state index contributed by atoms with van der Waals surface area (Å²) in [5, 5.41) is 99.1. The Hall–Kier alpha value is -2.30. The SMILES string of the molecule is CO[C@@H]1[C@@H](O)[C@H](O[C@@H]2[C@@H](O)[C@H](O[C@H]3[C@H](O)[C@@H](O)[C@H](O[C@H]4[C@H](O[C@H]5CC[C@]6(C)[C@@H]7CC[C@]89C(=O)O[C@@](C)(CCC=C(C)C)[C@H]8[C@@H](OC(C)=O)C[C@@]9(C)C7=CC[C@H]6C5(C)C)OC[C@@H](O)[C@@H]4O)O[C@@H]3C)O[C@H](CO)[C@H]2O)OC[C@H]1O. The number of hydrogen-bond acceptors (Lipinski definition) is 22. The van der Waals surface area contributed by atoms with Crippen LogP contribution in [0.5, 0.6) is 0 Å². The highest BCUT2D eigenvalue weighted by atomic mass is 16.8. The highest BCUT2D eigenvalue weighted by molar-refractivity contribution is 5.84. The molecule has 0 bridgehead atoms. The van der Waals surface area contributed by atoms with Crippen LogP contribution < -0.4 is 0 Å². The van der Waals surface area contributed by atoms with Crippen LogP contribution in [0.25, 0.3) is 0 Å². The predicted octanol–water partition coefficient (Wildman–Crippen LogP) is 0.793. The predicted molar refractivity (Wildman–Crippen MR) is 265 cm³/mol. The third-order valence-corrected chi connectivity index (χ3v) is 19.9. The van der Waals surface area contributed by atoms with E-state index in [4.69, 9.17) is 52.1 Å². The highest BCUT2D eigenvalue weighted by Gasteiger charge is 2.79. The molecule has 4 aliphatic carbocycles. The maximum absolute atomic E-state index is 14.6. The van der Waals surface area contributed by atoms with Gasteiger partial charge in [0.25, 0.3) is 0 Å². The highest BCUT2D eigenvalue weighted by Crippen LogP contribution is 2.76. The van der Waals surface area contributed by atoms with E-state index in [1.807, 2.05) is 20.8 Å². The molecule has 77 heavy (non-hydrogen) atoms. The second-order valence-electron chi connectivity index (χ2n) is 25.1. The minimum Gasteiger partial charge on any atom is -0.462 e. The Morgan fingerprint density at radius 1 is 0.740 bits per heavy atom. The van der Waals surface area contributed by atoms with E-state index < -0.39 is 151 Å². The molecule has 22 nitrogen and oxygen atoms in total. The van der Waals surface area contributed by atoms with Gasteiger partial charge in [0.15, 0.2) is 25.2 Å². The van der Waals surface area contributed by atoms with Gasteiger partial charge in [0.2, 0.25) is 0 Å². The largest absolute Gasteiger partial charge is 0.462 e. The molecule has 9 aliphatic rings. The molecule has 5 saturated heterocycles. The molecule has 0 unspecified atom stereocenters. The van der Waals surface area contributed by atoms with Crippen molar-refractivity contribution in [1.82, 2.24) is 0 Å². The lowest BCUT2D eigenvalue weighted by molar-refractivity contribution is -0.387. The van der Waals surface area contributed by atoms with Crippen LogP contribution in [0, 0.1) is 39.4 Å². The standard InChI is InChI=1S/C55H86O22/c1-24(2)12-11-17-54(9)45-31(71-26(4)57)20-53(8)28-13-14-33-51(5,6)34(16-18-52(33,7)27(28)15-19-55(45,53)50(66)77-54)73-49-44(35(60)29(58)22-69-49)76-47-38(63)37(62)41(25(3)70-47)74-48-40(65)43(36(61)32(21-56)72-48)75-46-39(64)42(67-10)30(59)23-68-46/h12-13,25,27,29-49,56,58-65H,11,14-23H2,1-10H3/t25-,27-,29-,30-,31+,32-,33+,34+,35+,36-,37-,38-,39-,40-,41-,42+,43+,44-,45-,46+,47+,48+,49+,52-,53+,54+,55-/m1/s1. The molecular formula is C55H86O22. The summed E-state index contributed by atoms with van der Waals surface area (Å²) < 4.78 is 66.0. The van der Waals surface area contributed by atoms with Crippen LogP contribution in [-0.2, 0) is 61.7 Å². The molecular weight excluding hydrogens is 1010 g/mol. The van der Waals surface area contributed by atoms with Crippen molar-refractivity contribution in [2.45, 2.75) is 242 Å². The van der Waals surface area contributed by atoms with Crippen molar-refractivity contribution in [3.8, 4) is 0 Å². The Kier molecular flexibility index (Phi) is 17.0. The summed E-state index contributed by atoms with van der Waals surface area (Å²) >= 11 is 0. The number of cyclic esters (lactones) is 1. The van der Waals surface area contributed by atoms with E-state index in [9.17, 15) is 55.5 Å². The van der Waals surface area contributed by atoms with Gasteiger partial charge in [-0.2, -0.15) is 0 Å². The molecule has 1 spiro atoms. The molecule has 9 N–H and O–H groups in total. The Balaban J connectivity index is 0.887. The average molecular weight is 1100 g/mol. The second kappa shape index (κ2) is 22.1. The molecule has 0 aromatic heterocycles. The van der Waals surface area contributed by atoms with Gasteiger partial charge in [-0.1, -0.05) is 51.0 Å². The number of esters is 2. The van der Waals surface area contributed by atoms with Gasteiger partial charge in [-0.3, -0.25) is 9.59 Å². The van der Waals surface area contributed by atoms with Gasteiger partial charge in [-0.15, -0.1) is 0 Å². The summed E-state index contributed by atoms with van der Waals surface area (Å²) in [7, 11) is 1.27. The Morgan fingerprint density at radius 2 is 1.39 bits per heavy atom. The molecule has 438 valence electrons. The molecule has 3 saturated carbocycles. The summed E-state index contributed by atoms with van der Waals surface area (Å²) in [5.41, 5.74) is -0.620. The van der Waals surface area contributed by atoms with E-state index in [1.165, 1.54) is 32.1 Å². The Bertz CT molecular complexity index is 2190. The maximum atomic E-state index is 14.6. The lowest BCUT2D eigenvalue weighted by atomic mass is 9.41. The molecule has 0 aromatic rings. The fourth-order valence-corrected chi connectivity index (χ4v) is 16.1. The minimum absolute atomic E-state index is 0.0787. The fraction of sp³-hybridized carbons (Fsp3) is 0.891. The molecule has 0 radical (unpaired) electrons. The maximum Gasteiger partial charge on any atom is 0.314 e. The van der Waals surface area contributed by atoms with Crippen molar-refractivity contribution in [1.29, 1.82) is 0 Å². The number of rotatable bonds is 14. The zero-order valence-electron chi connectivity index (χ0n) is 46.0. The van der Waals surface area contributed by atoms with Crippen molar-refractivity contribution in [3.05, 3.63) is 23.3 Å². The molecule has 9 rings (SSSR count). The Labute approximate surface area is 450 Å². The summed E-state index contributed by atoms with van der Waals surface area (Å²) in [4.78, 5) is 27.4. The van der Waals surface area contributed by atoms with E-state index in [1.54, 1.807) is 0 Å². The topological polar surface area (TPSA) is 318 Å². The van der Waals surface area contributed by atoms with Gasteiger partial charge in [-0.05, 0) is 102 Å². The fourth-order valence-electron chi connectivity index (χ4n) is 16.1. The van der Waals surface area contributed by atoms with Crippen LogP contribution in [0.3, 0.4) is 0 Å². The van der Waals surface area contributed by atoms with Crippen molar-refractivity contribution in [2.75, 3.05) is 26.9 Å². The summed E-state index contributed by atoms with van der Waals surface area (Å²) in [6, 6.07) is 0. The normalized spacial score (nSPS) is 51.3. The first-order chi connectivity index (χ1) is 36.2. The number of hydrogen-bond donors (Lipinski definition) is 9. The molecule has 22 heteroatoms. The molecule has 5 aliphatic heterocycles. The number of fused-ring (bicyclic) bond motifs is 4. The van der Waals surface area contributed by atoms with Crippen LogP contribution in [-0.4, -0.2) is 213 Å². The number of methoxy groups -OCH3 is 1. The van der Waals surface area contributed by atoms with Crippen LogP contribution in [0.4, 0.5) is 0 Å². The second-order valence-corrected chi connectivity index (χ2v) is 25.1. The van der Waals surface area contributed by atoms with Crippen LogP contribution in [0.1, 0.15) is 114 Å². The van der Waals surface area contributed by atoms with Gasteiger partial charge < -0.3 is 98.1 Å². The lowest BCUT2D eigenvalue weighted by Crippen LogP contribution is -2.66. The molecule has 27 atom stereocenters. The number of aliphatic hydroxyl groups excluding tert-OH is 9. The average Bonchev–Trinajstić information content (AvgIpc) is 3.85. The smallest absolute Gasteiger partial charge is 0.314 e. The summed E-state index contributed by atoms with van der Waals surface area (Å²) in [6.07, 6.45) is -18.4. The molecule has 0 aromatic carbocycles. The quantitative estimate of drug-likeness (QED) is 0.0858. The van der Waals surface area contributed by atoms with Crippen LogP contribution in [0.15, 0.2) is 23.3 Å². The monoisotopic (exact) mass is 1100 g/mol. The Morgan fingerprint density at radius 3 is 2.06 bits per heavy atom. The molecule has 0 amide bonds. The third kappa shape index (κ3) is 9.99. The zero-order chi connectivity index (χ0) is 56.1. The molecule has 8 fully saturated rings. The van der Waals surface area contributed by atoms with Crippen molar-refractivity contribution in [2.24, 2.45) is 39.4 Å². The third-order valence-electron chi connectivity index (χ3n) is 19.9. The number of allylic oxidation sites excluding steroid dienone is 4.